The summed E-state index contributed by atoms with van der Waals surface area (Å²) >= 11 is 1.45. The van der Waals surface area contributed by atoms with E-state index >= 15 is 0 Å². The van der Waals surface area contributed by atoms with Crippen LogP contribution in [0.25, 0.3) is 26.1 Å². The Hall–Kier alpha value is -3.69. The zero-order valence-electron chi connectivity index (χ0n) is 21.3. The number of nitrogens with zero attached hydrogens (tertiary/aromatic N) is 5. The first kappa shape index (κ1) is 23.4. The number of fused-ring (bicyclic) bond motifs is 6. The quantitative estimate of drug-likeness (QED) is 0.380. The van der Waals surface area contributed by atoms with Gasteiger partial charge in [-0.3, -0.25) is 24.0 Å². The minimum atomic E-state index is -0.417. The molecule has 1 aliphatic carbocycles. The Labute approximate surface area is 223 Å². The first-order chi connectivity index (χ1) is 18.5. The number of benzene rings is 1. The molecule has 0 radical (unpaired) electrons. The molecular weight excluding hydrogens is 496 g/mol. The van der Waals surface area contributed by atoms with Crippen molar-refractivity contribution in [2.75, 3.05) is 20.1 Å². The van der Waals surface area contributed by atoms with Crippen LogP contribution >= 0.6 is 11.3 Å². The first-order valence-corrected chi connectivity index (χ1v) is 13.9. The summed E-state index contributed by atoms with van der Waals surface area (Å²) in [6.45, 7) is 4.36. The summed E-state index contributed by atoms with van der Waals surface area (Å²) < 4.78 is 3.01. The van der Waals surface area contributed by atoms with Crippen LogP contribution < -0.4 is 10.7 Å². The van der Waals surface area contributed by atoms with Crippen LogP contribution in [0.1, 0.15) is 46.2 Å². The monoisotopic (exact) mass is 524 g/mol. The maximum atomic E-state index is 13.8. The zero-order valence-corrected chi connectivity index (χ0v) is 22.2. The van der Waals surface area contributed by atoms with Gasteiger partial charge < -0.3 is 10.2 Å². The topological polar surface area (TPSA) is 92.5 Å². The van der Waals surface area contributed by atoms with E-state index < -0.39 is 5.91 Å². The summed E-state index contributed by atoms with van der Waals surface area (Å²) in [5.74, 6) is 1.42. The molecule has 1 aliphatic heterocycles. The Bertz CT molecular complexity index is 1760. The molecule has 7 rings (SSSR count). The molecule has 5 aromatic rings. The number of carbonyl (C=O) groups is 1. The lowest BCUT2D eigenvalue weighted by Crippen LogP contribution is -2.29. The number of nitrogens with one attached hydrogen (secondary N) is 1. The SMILES string of the molecule is Cc1cnc(CNC(=O)c2c(=O)c3ccc(C4CC5CN(C)CC5C4)nc3n3c2sc2ccccc23)cn1. The van der Waals surface area contributed by atoms with Crippen molar-refractivity contribution >= 4 is 43.3 Å². The van der Waals surface area contributed by atoms with E-state index in [0.717, 1.165) is 59.4 Å². The molecule has 4 aromatic heterocycles. The summed E-state index contributed by atoms with van der Waals surface area (Å²) in [4.78, 5) is 44.0. The molecule has 2 fully saturated rings. The van der Waals surface area contributed by atoms with Crippen LogP contribution in [0.5, 0.6) is 0 Å². The van der Waals surface area contributed by atoms with E-state index in [-0.39, 0.29) is 17.5 Å². The highest BCUT2D eigenvalue weighted by Crippen LogP contribution is 2.45. The van der Waals surface area contributed by atoms with Gasteiger partial charge in [-0.25, -0.2) is 4.98 Å². The van der Waals surface area contributed by atoms with Crippen LogP contribution in [0, 0.1) is 18.8 Å². The van der Waals surface area contributed by atoms with Gasteiger partial charge in [0.05, 0.1) is 39.7 Å². The molecule has 2 unspecified atom stereocenters. The van der Waals surface area contributed by atoms with E-state index in [2.05, 4.69) is 27.2 Å². The van der Waals surface area contributed by atoms with Crippen LogP contribution in [0.3, 0.4) is 0 Å². The van der Waals surface area contributed by atoms with Gasteiger partial charge in [0, 0.05) is 30.9 Å². The van der Waals surface area contributed by atoms with E-state index in [9.17, 15) is 9.59 Å². The molecule has 0 bridgehead atoms. The van der Waals surface area contributed by atoms with Crippen molar-refractivity contribution in [2.24, 2.45) is 11.8 Å². The summed E-state index contributed by atoms with van der Waals surface area (Å²) in [6.07, 6.45) is 5.57. The molecule has 38 heavy (non-hydrogen) atoms. The highest BCUT2D eigenvalue weighted by Gasteiger charge is 2.40. The maximum absolute atomic E-state index is 13.8. The van der Waals surface area contributed by atoms with Crippen molar-refractivity contribution in [1.82, 2.24) is 29.6 Å². The number of amides is 1. The van der Waals surface area contributed by atoms with Gasteiger partial charge in [-0.15, -0.1) is 11.3 Å². The molecule has 1 saturated carbocycles. The molecule has 192 valence electrons. The number of likely N-dealkylation sites (tertiary alicyclic amines) is 1. The highest BCUT2D eigenvalue weighted by molar-refractivity contribution is 7.24. The molecule has 1 N–H and O–H groups in total. The van der Waals surface area contributed by atoms with Gasteiger partial charge >= 0.3 is 0 Å². The molecule has 2 atom stereocenters. The van der Waals surface area contributed by atoms with Gasteiger partial charge in [0.1, 0.15) is 16.0 Å². The molecule has 1 saturated heterocycles. The standard InChI is InChI=1S/C29H28N6O2S/c1-16-11-31-20(12-30-16)13-32-28(37)25-26(36)21-7-8-22(17-9-18-14-34(2)15-19(18)10-17)33-27(21)35-23-5-3-4-6-24(23)38-29(25)35/h3-8,11-12,17-19H,9-10,13-15H2,1-2H3,(H,32,37). The summed E-state index contributed by atoms with van der Waals surface area (Å²) in [7, 11) is 2.20. The number of aromatic nitrogens is 4. The second kappa shape index (κ2) is 8.96. The average Bonchev–Trinajstić information content (AvgIpc) is 3.59. The highest BCUT2D eigenvalue weighted by atomic mass is 32.1. The van der Waals surface area contributed by atoms with Crippen LogP contribution in [-0.2, 0) is 6.54 Å². The fourth-order valence-electron chi connectivity index (χ4n) is 6.38. The van der Waals surface area contributed by atoms with E-state index in [1.54, 1.807) is 12.4 Å². The predicted molar refractivity (Wildman–Crippen MR) is 149 cm³/mol. The Morgan fingerprint density at radius 2 is 1.87 bits per heavy atom. The van der Waals surface area contributed by atoms with E-state index in [0.29, 0.717) is 27.5 Å². The van der Waals surface area contributed by atoms with Crippen LogP contribution in [0.15, 0.2) is 53.6 Å². The Kier molecular flexibility index (Phi) is 5.52. The Balaban J connectivity index is 1.34. The largest absolute Gasteiger partial charge is 0.346 e. The number of hydrogen-bond acceptors (Lipinski definition) is 7. The maximum Gasteiger partial charge on any atom is 0.258 e. The molecule has 2 aliphatic rings. The van der Waals surface area contributed by atoms with Crippen molar-refractivity contribution in [1.29, 1.82) is 0 Å². The molecule has 1 aromatic carbocycles. The minimum Gasteiger partial charge on any atom is -0.346 e. The number of para-hydroxylation sites is 1. The summed E-state index contributed by atoms with van der Waals surface area (Å²) in [5, 5.41) is 3.35. The number of aryl methyl sites for hydroxylation is 1. The van der Waals surface area contributed by atoms with Gasteiger partial charge in [-0.05, 0) is 62.9 Å². The predicted octanol–water partition coefficient (Wildman–Crippen LogP) is 4.15. The fraction of sp³-hybridized carbons (Fsp3) is 0.345. The Morgan fingerprint density at radius 1 is 1.08 bits per heavy atom. The van der Waals surface area contributed by atoms with Crippen molar-refractivity contribution in [3.05, 3.63) is 81.7 Å². The van der Waals surface area contributed by atoms with E-state index in [4.69, 9.17) is 4.98 Å². The van der Waals surface area contributed by atoms with Crippen molar-refractivity contribution in [3.63, 3.8) is 0 Å². The summed E-state index contributed by atoms with van der Waals surface area (Å²) in [6, 6.07) is 11.9. The lowest BCUT2D eigenvalue weighted by molar-refractivity contribution is 0.0951. The normalized spacial score (nSPS) is 21.5. The molecule has 5 heterocycles. The molecule has 8 nitrogen and oxygen atoms in total. The van der Waals surface area contributed by atoms with Gasteiger partial charge in [-0.2, -0.15) is 0 Å². The third-order valence-electron chi connectivity index (χ3n) is 8.15. The molecule has 1 amide bonds. The van der Waals surface area contributed by atoms with Crippen molar-refractivity contribution in [2.45, 2.75) is 32.2 Å². The van der Waals surface area contributed by atoms with Gasteiger partial charge in [0.25, 0.3) is 5.91 Å². The van der Waals surface area contributed by atoms with E-state index in [1.807, 2.05) is 47.7 Å². The van der Waals surface area contributed by atoms with Crippen LogP contribution in [0.2, 0.25) is 0 Å². The van der Waals surface area contributed by atoms with Crippen LogP contribution in [0.4, 0.5) is 0 Å². The number of pyridine rings is 2. The van der Waals surface area contributed by atoms with E-state index in [1.165, 1.54) is 11.3 Å². The third kappa shape index (κ3) is 3.80. The summed E-state index contributed by atoms with van der Waals surface area (Å²) in [5.41, 5.74) is 3.93. The first-order valence-electron chi connectivity index (χ1n) is 13.1. The second-order valence-electron chi connectivity index (χ2n) is 10.8. The zero-order chi connectivity index (χ0) is 26.0. The number of thiazole rings is 1. The number of carbonyl (C=O) groups excluding carboxylic acids is 1. The molecular formula is C29H28N6O2S. The molecule has 9 heteroatoms. The minimum absolute atomic E-state index is 0.145. The average molecular weight is 525 g/mol. The van der Waals surface area contributed by atoms with Crippen molar-refractivity contribution < 1.29 is 4.79 Å². The van der Waals surface area contributed by atoms with Gasteiger partial charge in [-0.1, -0.05) is 12.1 Å². The van der Waals surface area contributed by atoms with Crippen molar-refractivity contribution in [3.8, 4) is 0 Å². The number of hydrogen-bond donors (Lipinski definition) is 1. The number of rotatable bonds is 4. The van der Waals surface area contributed by atoms with Gasteiger partial charge in [0.2, 0.25) is 5.43 Å². The second-order valence-corrected chi connectivity index (χ2v) is 11.8. The lowest BCUT2D eigenvalue weighted by atomic mass is 10.00. The van der Waals surface area contributed by atoms with Gasteiger partial charge in [0.15, 0.2) is 0 Å². The molecule has 0 spiro atoms. The Morgan fingerprint density at radius 3 is 2.63 bits per heavy atom. The smallest absolute Gasteiger partial charge is 0.258 e. The lowest BCUT2D eigenvalue weighted by Gasteiger charge is -2.15. The fourth-order valence-corrected chi connectivity index (χ4v) is 7.56. The third-order valence-corrected chi connectivity index (χ3v) is 9.30. The van der Waals surface area contributed by atoms with Crippen LogP contribution in [-0.4, -0.2) is 50.3 Å².